The van der Waals surface area contributed by atoms with Crippen LogP contribution in [0.1, 0.15) is 22.8 Å². The third-order valence-corrected chi connectivity index (χ3v) is 2.20. The number of Topliss-reactive ketones (excluding diaryl/α,β-unsaturated/α-hetero) is 1. The average molecular weight is 263 g/mol. The fraction of sp³-hybridized carbons (Fsp3) is 0.300. The highest BCUT2D eigenvalue weighted by molar-refractivity contribution is 5.97. The second-order valence-electron chi connectivity index (χ2n) is 3.35. The topological polar surface area (TPSA) is 69.4 Å². The van der Waals surface area contributed by atoms with Crippen LogP contribution >= 0.6 is 0 Å². The zero-order valence-corrected chi connectivity index (χ0v) is 9.37. The van der Waals surface area contributed by atoms with Crippen LogP contribution in [0, 0.1) is 10.1 Å². The van der Waals surface area contributed by atoms with Crippen molar-refractivity contribution in [3.63, 3.8) is 0 Å². The van der Waals surface area contributed by atoms with Gasteiger partial charge in [-0.15, -0.1) is 0 Å². The number of rotatable bonds is 3. The molecule has 5 nitrogen and oxygen atoms in total. The molecule has 0 radical (unpaired) electrons. The summed E-state index contributed by atoms with van der Waals surface area (Å²) in [7, 11) is 0.876. The van der Waals surface area contributed by atoms with Gasteiger partial charge < -0.3 is 4.74 Å². The van der Waals surface area contributed by atoms with E-state index in [4.69, 9.17) is 0 Å². The van der Waals surface area contributed by atoms with Gasteiger partial charge in [-0.3, -0.25) is 14.9 Å². The fourth-order valence-electron chi connectivity index (χ4n) is 1.50. The number of nitrogens with zero attached hydrogens (tertiary/aromatic N) is 1. The molecule has 0 saturated carbocycles. The van der Waals surface area contributed by atoms with Crippen molar-refractivity contribution < 1.29 is 27.6 Å². The molecule has 1 aromatic rings. The zero-order chi connectivity index (χ0) is 14.1. The molecule has 1 aromatic carbocycles. The summed E-state index contributed by atoms with van der Waals surface area (Å²) in [5.41, 5.74) is -2.92. The molecule has 0 bridgehead atoms. The number of halogens is 3. The summed E-state index contributed by atoms with van der Waals surface area (Å²) in [6.07, 6.45) is -4.92. The van der Waals surface area contributed by atoms with E-state index in [1.807, 2.05) is 0 Å². The SMILES string of the molecule is COc1c([N+](=O)[O-])ccc(C(C)=O)c1C(F)(F)F. The van der Waals surface area contributed by atoms with E-state index < -0.39 is 39.4 Å². The summed E-state index contributed by atoms with van der Waals surface area (Å²) in [6.45, 7) is 0.940. The van der Waals surface area contributed by atoms with Gasteiger partial charge in [0.2, 0.25) is 5.75 Å². The zero-order valence-electron chi connectivity index (χ0n) is 9.37. The lowest BCUT2D eigenvalue weighted by atomic mass is 10.0. The molecule has 18 heavy (non-hydrogen) atoms. The molecule has 0 aromatic heterocycles. The Morgan fingerprint density at radius 2 is 1.94 bits per heavy atom. The van der Waals surface area contributed by atoms with Crippen LogP contribution in [-0.2, 0) is 6.18 Å². The Bertz CT molecular complexity index is 511. The van der Waals surface area contributed by atoms with Crippen LogP contribution in [0.3, 0.4) is 0 Å². The summed E-state index contributed by atoms with van der Waals surface area (Å²) >= 11 is 0. The molecule has 1 rings (SSSR count). The van der Waals surface area contributed by atoms with Crippen LogP contribution in [0.15, 0.2) is 12.1 Å². The molecule has 0 fully saturated rings. The Balaban J connectivity index is 3.73. The van der Waals surface area contributed by atoms with Gasteiger partial charge in [0.25, 0.3) is 0 Å². The van der Waals surface area contributed by atoms with Gasteiger partial charge in [-0.2, -0.15) is 13.2 Å². The van der Waals surface area contributed by atoms with Gasteiger partial charge in [-0.1, -0.05) is 0 Å². The van der Waals surface area contributed by atoms with Crippen molar-refractivity contribution in [2.75, 3.05) is 7.11 Å². The summed E-state index contributed by atoms with van der Waals surface area (Å²) in [6, 6.07) is 1.58. The van der Waals surface area contributed by atoms with Gasteiger partial charge in [-0.05, 0) is 13.0 Å². The van der Waals surface area contributed by atoms with Crippen LogP contribution in [0.5, 0.6) is 5.75 Å². The van der Waals surface area contributed by atoms with Crippen molar-refractivity contribution in [3.8, 4) is 5.75 Å². The van der Waals surface area contributed by atoms with Crippen molar-refractivity contribution in [2.24, 2.45) is 0 Å². The van der Waals surface area contributed by atoms with E-state index in [2.05, 4.69) is 4.74 Å². The highest BCUT2D eigenvalue weighted by atomic mass is 19.4. The largest absolute Gasteiger partial charge is 0.490 e. The van der Waals surface area contributed by atoms with Gasteiger partial charge in [0.05, 0.1) is 12.0 Å². The normalized spacial score (nSPS) is 11.2. The molecular weight excluding hydrogens is 255 g/mol. The Morgan fingerprint density at radius 1 is 1.39 bits per heavy atom. The summed E-state index contributed by atoms with van der Waals surface area (Å²) < 4.78 is 43.0. The summed E-state index contributed by atoms with van der Waals surface area (Å²) in [5.74, 6) is -1.81. The first kappa shape index (κ1) is 13.9. The van der Waals surface area contributed by atoms with Crippen molar-refractivity contribution >= 4 is 11.5 Å². The Labute approximate surface area is 99.3 Å². The lowest BCUT2D eigenvalue weighted by molar-refractivity contribution is -0.386. The minimum Gasteiger partial charge on any atom is -0.490 e. The van der Waals surface area contributed by atoms with Crippen LogP contribution in [0.25, 0.3) is 0 Å². The molecule has 0 aliphatic rings. The maximum atomic E-state index is 12.8. The number of carbonyl (C=O) groups is 1. The lowest BCUT2D eigenvalue weighted by Crippen LogP contribution is -2.14. The number of carbonyl (C=O) groups excluding carboxylic acids is 1. The number of methoxy groups -OCH3 is 1. The van der Waals surface area contributed by atoms with Crippen molar-refractivity contribution in [1.29, 1.82) is 0 Å². The van der Waals surface area contributed by atoms with Crippen LogP contribution in [0.4, 0.5) is 18.9 Å². The van der Waals surface area contributed by atoms with Crippen LogP contribution < -0.4 is 4.74 Å². The second kappa shape index (κ2) is 4.63. The molecule has 0 N–H and O–H groups in total. The minimum absolute atomic E-state index is 0.662. The highest BCUT2D eigenvalue weighted by Crippen LogP contribution is 2.43. The first-order valence-electron chi connectivity index (χ1n) is 4.63. The average Bonchev–Trinajstić information content (AvgIpc) is 2.25. The molecule has 0 aliphatic heterocycles. The summed E-state index contributed by atoms with van der Waals surface area (Å²) in [5, 5.41) is 10.6. The maximum absolute atomic E-state index is 12.8. The standard InChI is InChI=1S/C10H8F3NO4/c1-5(15)6-3-4-7(14(16)17)9(18-2)8(6)10(11,12)13/h3-4H,1-2H3. The lowest BCUT2D eigenvalue weighted by Gasteiger charge is -2.14. The van der Waals surface area contributed by atoms with Gasteiger partial charge in [0, 0.05) is 11.6 Å². The number of hydrogen-bond acceptors (Lipinski definition) is 4. The van der Waals surface area contributed by atoms with E-state index >= 15 is 0 Å². The monoisotopic (exact) mass is 263 g/mol. The predicted octanol–water partition coefficient (Wildman–Crippen LogP) is 2.82. The maximum Gasteiger partial charge on any atom is 0.420 e. The molecule has 0 spiro atoms. The number of ether oxygens (including phenoxy) is 1. The molecule has 0 aliphatic carbocycles. The second-order valence-corrected chi connectivity index (χ2v) is 3.35. The Kier molecular flexibility index (Phi) is 3.59. The fourth-order valence-corrected chi connectivity index (χ4v) is 1.50. The molecule has 98 valence electrons. The molecule has 0 atom stereocenters. The third kappa shape index (κ3) is 2.41. The number of hydrogen-bond donors (Lipinski definition) is 0. The van der Waals surface area contributed by atoms with Gasteiger partial charge in [-0.25, -0.2) is 0 Å². The molecule has 0 saturated heterocycles. The Hall–Kier alpha value is -2.12. The number of alkyl halides is 3. The van der Waals surface area contributed by atoms with Crippen LogP contribution in [-0.4, -0.2) is 17.8 Å². The van der Waals surface area contributed by atoms with Crippen molar-refractivity contribution in [1.82, 2.24) is 0 Å². The molecule has 0 unspecified atom stereocenters. The van der Waals surface area contributed by atoms with E-state index in [-0.39, 0.29) is 0 Å². The first-order valence-corrected chi connectivity index (χ1v) is 4.63. The van der Waals surface area contributed by atoms with E-state index in [0.717, 1.165) is 26.2 Å². The molecular formula is C10H8F3NO4. The smallest absolute Gasteiger partial charge is 0.420 e. The minimum atomic E-state index is -4.92. The molecule has 0 heterocycles. The number of nitro groups is 1. The van der Waals surface area contributed by atoms with Gasteiger partial charge in [0.1, 0.15) is 5.56 Å². The number of benzene rings is 1. The summed E-state index contributed by atoms with van der Waals surface area (Å²) in [4.78, 5) is 20.7. The van der Waals surface area contributed by atoms with E-state index in [1.165, 1.54) is 0 Å². The van der Waals surface area contributed by atoms with E-state index in [0.29, 0.717) is 0 Å². The number of nitro benzene ring substituents is 1. The van der Waals surface area contributed by atoms with Crippen LogP contribution in [0.2, 0.25) is 0 Å². The Morgan fingerprint density at radius 3 is 2.28 bits per heavy atom. The first-order chi connectivity index (χ1) is 8.20. The van der Waals surface area contributed by atoms with Gasteiger partial charge >= 0.3 is 11.9 Å². The van der Waals surface area contributed by atoms with E-state index in [1.54, 1.807) is 0 Å². The number of ketones is 1. The highest BCUT2D eigenvalue weighted by Gasteiger charge is 2.41. The molecule has 0 amide bonds. The third-order valence-electron chi connectivity index (χ3n) is 2.20. The van der Waals surface area contributed by atoms with Gasteiger partial charge in [0.15, 0.2) is 5.78 Å². The van der Waals surface area contributed by atoms with E-state index in [9.17, 15) is 28.1 Å². The van der Waals surface area contributed by atoms with Crippen molar-refractivity contribution in [2.45, 2.75) is 13.1 Å². The predicted molar refractivity (Wildman–Crippen MR) is 54.7 cm³/mol. The quantitative estimate of drug-likeness (QED) is 0.477. The molecule has 8 heteroatoms. The van der Waals surface area contributed by atoms with Crippen molar-refractivity contribution in [3.05, 3.63) is 33.4 Å².